The number of pyridine rings is 2. The Morgan fingerprint density at radius 2 is 1.95 bits per heavy atom. The molecular weight excluding hydrogens is 246 g/mol. The Morgan fingerprint density at radius 3 is 2.63 bits per heavy atom. The van der Waals surface area contributed by atoms with Gasteiger partial charge in [0.05, 0.1) is 0 Å². The number of carbonyl (C=O) groups is 1. The first-order chi connectivity index (χ1) is 9.16. The molecule has 0 aliphatic rings. The van der Waals surface area contributed by atoms with Gasteiger partial charge in [-0.1, -0.05) is 0 Å². The van der Waals surface area contributed by atoms with Crippen LogP contribution >= 0.6 is 0 Å². The number of nitrogens with zero attached hydrogens (tertiary/aromatic N) is 4. The van der Waals surface area contributed by atoms with Crippen LogP contribution in [0.25, 0.3) is 16.8 Å². The van der Waals surface area contributed by atoms with Crippen LogP contribution in [-0.2, 0) is 0 Å². The molecule has 19 heavy (non-hydrogen) atoms. The second-order valence-electron chi connectivity index (χ2n) is 3.88. The van der Waals surface area contributed by atoms with Crippen molar-refractivity contribution < 1.29 is 9.90 Å². The second kappa shape index (κ2) is 4.05. The molecule has 7 nitrogen and oxygen atoms in total. The first kappa shape index (κ1) is 11.1. The van der Waals surface area contributed by atoms with Crippen LogP contribution in [0.2, 0.25) is 0 Å². The minimum absolute atomic E-state index is 0.0111. The van der Waals surface area contributed by atoms with Crippen molar-refractivity contribution in [1.82, 2.24) is 19.6 Å². The van der Waals surface area contributed by atoms with E-state index in [1.165, 1.54) is 10.6 Å². The molecular formula is C12H9N5O2. The highest BCUT2D eigenvalue weighted by atomic mass is 16.4. The number of nitrogens with two attached hydrogens (primary N) is 1. The van der Waals surface area contributed by atoms with E-state index in [2.05, 4.69) is 15.1 Å². The molecule has 0 fully saturated rings. The molecule has 7 heteroatoms. The number of aromatic carboxylic acids is 1. The number of rotatable bonds is 2. The van der Waals surface area contributed by atoms with E-state index >= 15 is 0 Å². The molecule has 94 valence electrons. The number of carboxylic acids is 1. The van der Waals surface area contributed by atoms with Crippen molar-refractivity contribution >= 4 is 17.6 Å². The molecule has 0 saturated carbocycles. The summed E-state index contributed by atoms with van der Waals surface area (Å²) in [5.74, 6) is -1.06. The van der Waals surface area contributed by atoms with Gasteiger partial charge in [-0.15, -0.1) is 5.10 Å². The second-order valence-corrected chi connectivity index (χ2v) is 3.88. The average molecular weight is 255 g/mol. The number of aromatic nitrogens is 4. The lowest BCUT2D eigenvalue weighted by molar-refractivity contribution is 0.0687. The lowest BCUT2D eigenvalue weighted by Crippen LogP contribution is -2.07. The fourth-order valence-electron chi connectivity index (χ4n) is 1.90. The van der Waals surface area contributed by atoms with E-state index in [-0.39, 0.29) is 11.6 Å². The minimum Gasteiger partial charge on any atom is -0.477 e. The molecule has 3 aromatic rings. The van der Waals surface area contributed by atoms with Gasteiger partial charge in [-0.3, -0.25) is 4.98 Å². The monoisotopic (exact) mass is 255 g/mol. The number of anilines is 1. The molecule has 3 heterocycles. The number of hydrogen-bond donors (Lipinski definition) is 2. The van der Waals surface area contributed by atoms with Crippen molar-refractivity contribution in [2.24, 2.45) is 0 Å². The van der Waals surface area contributed by atoms with E-state index in [1.54, 1.807) is 30.6 Å². The largest absolute Gasteiger partial charge is 0.477 e. The highest BCUT2D eigenvalue weighted by Crippen LogP contribution is 2.24. The summed E-state index contributed by atoms with van der Waals surface area (Å²) in [6, 6.07) is 6.77. The van der Waals surface area contributed by atoms with Gasteiger partial charge in [0.15, 0.2) is 11.3 Å². The summed E-state index contributed by atoms with van der Waals surface area (Å²) in [7, 11) is 0. The SMILES string of the molecule is Nc1nc2c(-c3ccncc3)ccc(C(=O)O)n2n1. The lowest BCUT2D eigenvalue weighted by atomic mass is 10.1. The van der Waals surface area contributed by atoms with Gasteiger partial charge in [-0.25, -0.2) is 9.31 Å². The smallest absolute Gasteiger partial charge is 0.354 e. The first-order valence-electron chi connectivity index (χ1n) is 5.46. The summed E-state index contributed by atoms with van der Waals surface area (Å²) in [4.78, 5) is 19.2. The number of carboxylic acid groups (broad SMARTS) is 1. The zero-order valence-electron chi connectivity index (χ0n) is 9.69. The highest BCUT2D eigenvalue weighted by molar-refractivity contribution is 5.89. The van der Waals surface area contributed by atoms with E-state index in [1.807, 2.05) is 0 Å². The Balaban J connectivity index is 2.34. The number of fused-ring (bicyclic) bond motifs is 1. The molecule has 0 atom stereocenters. The van der Waals surface area contributed by atoms with Gasteiger partial charge in [0, 0.05) is 18.0 Å². The number of nitrogen functional groups attached to an aromatic ring is 1. The maximum absolute atomic E-state index is 11.1. The Labute approximate surface area is 107 Å². The normalized spacial score (nSPS) is 10.7. The zero-order valence-corrected chi connectivity index (χ0v) is 9.69. The van der Waals surface area contributed by atoms with Gasteiger partial charge in [0.25, 0.3) is 0 Å². The Bertz CT molecular complexity index is 766. The van der Waals surface area contributed by atoms with Crippen molar-refractivity contribution in [3.8, 4) is 11.1 Å². The van der Waals surface area contributed by atoms with Crippen LogP contribution < -0.4 is 5.73 Å². The van der Waals surface area contributed by atoms with Gasteiger partial charge in [-0.2, -0.15) is 4.98 Å². The number of hydrogen-bond acceptors (Lipinski definition) is 5. The minimum atomic E-state index is -1.09. The molecule has 3 N–H and O–H groups in total. The van der Waals surface area contributed by atoms with E-state index in [0.29, 0.717) is 5.65 Å². The van der Waals surface area contributed by atoms with Crippen LogP contribution in [0, 0.1) is 0 Å². The van der Waals surface area contributed by atoms with Crippen LogP contribution in [0.4, 0.5) is 5.95 Å². The third-order valence-corrected chi connectivity index (χ3v) is 2.71. The summed E-state index contributed by atoms with van der Waals surface area (Å²) in [6.07, 6.45) is 3.30. The van der Waals surface area contributed by atoms with E-state index in [9.17, 15) is 4.79 Å². The molecule has 0 aromatic carbocycles. The van der Waals surface area contributed by atoms with Gasteiger partial charge in [0.1, 0.15) is 0 Å². The van der Waals surface area contributed by atoms with Crippen molar-refractivity contribution in [2.75, 3.05) is 5.73 Å². The molecule has 0 spiro atoms. The van der Waals surface area contributed by atoms with Gasteiger partial charge < -0.3 is 10.8 Å². The van der Waals surface area contributed by atoms with E-state index < -0.39 is 5.97 Å². The van der Waals surface area contributed by atoms with Crippen molar-refractivity contribution in [3.05, 3.63) is 42.4 Å². The maximum Gasteiger partial charge on any atom is 0.354 e. The molecule has 0 amide bonds. The van der Waals surface area contributed by atoms with Gasteiger partial charge in [-0.05, 0) is 29.8 Å². The molecule has 0 aliphatic carbocycles. The predicted octanol–water partition coefficient (Wildman–Crippen LogP) is 1.07. The Kier molecular flexibility index (Phi) is 2.38. The zero-order chi connectivity index (χ0) is 13.4. The predicted molar refractivity (Wildman–Crippen MR) is 67.6 cm³/mol. The fourth-order valence-corrected chi connectivity index (χ4v) is 1.90. The fraction of sp³-hybridized carbons (Fsp3) is 0. The summed E-state index contributed by atoms with van der Waals surface area (Å²) in [5.41, 5.74) is 7.59. The van der Waals surface area contributed by atoms with Crippen LogP contribution in [-0.4, -0.2) is 30.7 Å². The summed E-state index contributed by atoms with van der Waals surface area (Å²) in [6.45, 7) is 0. The molecule has 0 saturated heterocycles. The van der Waals surface area contributed by atoms with Crippen molar-refractivity contribution in [3.63, 3.8) is 0 Å². The summed E-state index contributed by atoms with van der Waals surface area (Å²) >= 11 is 0. The third-order valence-electron chi connectivity index (χ3n) is 2.71. The highest BCUT2D eigenvalue weighted by Gasteiger charge is 2.15. The molecule has 3 rings (SSSR count). The third kappa shape index (κ3) is 1.77. The maximum atomic E-state index is 11.1. The standard InChI is InChI=1S/C12H9N5O2/c13-12-15-10-8(7-3-5-14-6-4-7)1-2-9(11(18)19)17(10)16-12/h1-6H,(H2,13,16)(H,18,19). The first-order valence-corrected chi connectivity index (χ1v) is 5.46. The molecule has 0 radical (unpaired) electrons. The Hall–Kier alpha value is -2.96. The molecule has 0 aliphatic heterocycles. The Morgan fingerprint density at radius 1 is 1.21 bits per heavy atom. The van der Waals surface area contributed by atoms with Gasteiger partial charge in [0.2, 0.25) is 5.95 Å². The summed E-state index contributed by atoms with van der Waals surface area (Å²) in [5, 5.41) is 13.0. The van der Waals surface area contributed by atoms with Crippen molar-refractivity contribution in [1.29, 1.82) is 0 Å². The van der Waals surface area contributed by atoms with Crippen LogP contribution in [0.15, 0.2) is 36.7 Å². The van der Waals surface area contributed by atoms with Gasteiger partial charge >= 0.3 is 5.97 Å². The average Bonchev–Trinajstić information content (AvgIpc) is 2.79. The molecule has 0 unspecified atom stereocenters. The molecule has 0 bridgehead atoms. The molecule has 3 aromatic heterocycles. The lowest BCUT2D eigenvalue weighted by Gasteiger charge is -2.04. The van der Waals surface area contributed by atoms with Crippen LogP contribution in [0.5, 0.6) is 0 Å². The topological polar surface area (TPSA) is 106 Å². The van der Waals surface area contributed by atoms with Crippen LogP contribution in [0.3, 0.4) is 0 Å². The quantitative estimate of drug-likeness (QED) is 0.709. The van der Waals surface area contributed by atoms with Crippen LogP contribution in [0.1, 0.15) is 10.5 Å². The van der Waals surface area contributed by atoms with Crippen molar-refractivity contribution in [2.45, 2.75) is 0 Å². The van der Waals surface area contributed by atoms with E-state index in [0.717, 1.165) is 11.1 Å². The van der Waals surface area contributed by atoms with E-state index in [4.69, 9.17) is 10.8 Å². The summed E-state index contributed by atoms with van der Waals surface area (Å²) < 4.78 is 1.23.